The molecule has 0 saturated heterocycles. The maximum absolute atomic E-state index is 12.7. The fourth-order valence-corrected chi connectivity index (χ4v) is 5.26. The summed E-state index contributed by atoms with van der Waals surface area (Å²) in [6, 6.07) is 20.3. The SMILES string of the molecule is CCCCCC1CCC(c2ccc(C(=O)Oc3ccc(C(=O)Oc4ccc(C#N)cc4)c(Cl)c3)cc2)CC1. The quantitative estimate of drug-likeness (QED) is 0.158. The lowest BCUT2D eigenvalue weighted by Gasteiger charge is -2.29. The Kier molecular flexibility index (Phi) is 9.56. The van der Waals surface area contributed by atoms with E-state index in [9.17, 15) is 9.59 Å². The van der Waals surface area contributed by atoms with Gasteiger partial charge >= 0.3 is 11.9 Å². The lowest BCUT2D eigenvalue weighted by Crippen LogP contribution is -2.14. The summed E-state index contributed by atoms with van der Waals surface area (Å²) in [4.78, 5) is 25.2. The molecule has 0 unspecified atom stereocenters. The molecule has 1 aliphatic rings. The fraction of sp³-hybridized carbons (Fsp3) is 0.344. The van der Waals surface area contributed by atoms with Crippen molar-refractivity contribution in [1.29, 1.82) is 5.26 Å². The molecule has 4 rings (SSSR count). The first kappa shape index (κ1) is 27.4. The first-order valence-electron chi connectivity index (χ1n) is 13.3. The van der Waals surface area contributed by atoms with Crippen LogP contribution in [0.15, 0.2) is 66.7 Å². The second-order valence-electron chi connectivity index (χ2n) is 9.89. The van der Waals surface area contributed by atoms with Gasteiger partial charge in [0.15, 0.2) is 0 Å². The van der Waals surface area contributed by atoms with Gasteiger partial charge in [-0.25, -0.2) is 9.59 Å². The number of rotatable bonds is 9. The Hall–Kier alpha value is -3.62. The molecule has 0 spiro atoms. The van der Waals surface area contributed by atoms with E-state index in [1.54, 1.807) is 12.1 Å². The van der Waals surface area contributed by atoms with Crippen LogP contribution in [0.5, 0.6) is 11.5 Å². The van der Waals surface area contributed by atoms with Crippen molar-refractivity contribution in [2.24, 2.45) is 5.92 Å². The van der Waals surface area contributed by atoms with Gasteiger partial charge in [-0.1, -0.05) is 56.3 Å². The molecule has 3 aromatic rings. The molecule has 38 heavy (non-hydrogen) atoms. The van der Waals surface area contributed by atoms with Crippen molar-refractivity contribution in [1.82, 2.24) is 0 Å². The molecule has 0 bridgehead atoms. The number of hydrogen-bond acceptors (Lipinski definition) is 5. The van der Waals surface area contributed by atoms with Gasteiger partial charge in [0.2, 0.25) is 0 Å². The summed E-state index contributed by atoms with van der Waals surface area (Å²) in [5.74, 6) is 0.814. The number of hydrogen-bond donors (Lipinski definition) is 0. The number of carbonyl (C=O) groups is 2. The lowest BCUT2D eigenvalue weighted by atomic mass is 9.77. The Balaban J connectivity index is 1.31. The van der Waals surface area contributed by atoms with Crippen LogP contribution in [-0.2, 0) is 0 Å². The van der Waals surface area contributed by atoms with Gasteiger partial charge in [-0.15, -0.1) is 0 Å². The first-order valence-corrected chi connectivity index (χ1v) is 13.7. The number of unbranched alkanes of at least 4 members (excludes halogenated alkanes) is 2. The summed E-state index contributed by atoms with van der Waals surface area (Å²) in [7, 11) is 0. The highest BCUT2D eigenvalue weighted by atomic mass is 35.5. The predicted molar refractivity (Wildman–Crippen MR) is 148 cm³/mol. The Bertz CT molecular complexity index is 1290. The van der Waals surface area contributed by atoms with Crippen LogP contribution in [0.2, 0.25) is 5.02 Å². The van der Waals surface area contributed by atoms with Crippen molar-refractivity contribution in [3.05, 3.63) is 94.0 Å². The van der Waals surface area contributed by atoms with E-state index in [2.05, 4.69) is 6.92 Å². The van der Waals surface area contributed by atoms with Crippen LogP contribution >= 0.6 is 11.6 Å². The van der Waals surface area contributed by atoms with Gasteiger partial charge in [0.05, 0.1) is 27.8 Å². The smallest absolute Gasteiger partial charge is 0.345 e. The fourth-order valence-electron chi connectivity index (χ4n) is 5.01. The lowest BCUT2D eigenvalue weighted by molar-refractivity contribution is 0.0730. The minimum Gasteiger partial charge on any atom is -0.423 e. The molecule has 0 atom stereocenters. The average molecular weight is 530 g/mol. The van der Waals surface area contributed by atoms with E-state index >= 15 is 0 Å². The summed E-state index contributed by atoms with van der Waals surface area (Å²) >= 11 is 6.28. The molecule has 196 valence electrons. The van der Waals surface area contributed by atoms with Crippen molar-refractivity contribution in [3.63, 3.8) is 0 Å². The molecule has 0 aliphatic heterocycles. The summed E-state index contributed by atoms with van der Waals surface area (Å²) in [6.07, 6.45) is 10.3. The number of halogens is 1. The molecule has 0 aromatic heterocycles. The molecule has 5 nitrogen and oxygen atoms in total. The Morgan fingerprint density at radius 3 is 2.16 bits per heavy atom. The molecule has 0 N–H and O–H groups in total. The normalized spacial score (nSPS) is 16.9. The number of benzene rings is 3. The number of carbonyl (C=O) groups excluding carboxylic acids is 2. The zero-order valence-corrected chi connectivity index (χ0v) is 22.4. The molecule has 6 heteroatoms. The number of esters is 2. The van der Waals surface area contributed by atoms with Gasteiger partial charge in [-0.2, -0.15) is 5.26 Å². The maximum Gasteiger partial charge on any atom is 0.345 e. The van der Waals surface area contributed by atoms with E-state index in [1.807, 2.05) is 30.3 Å². The molecule has 1 aliphatic carbocycles. The summed E-state index contributed by atoms with van der Waals surface area (Å²) in [5.41, 5.74) is 2.34. The maximum atomic E-state index is 12.7. The topological polar surface area (TPSA) is 76.4 Å². The number of ether oxygens (including phenoxy) is 2. The third kappa shape index (κ3) is 7.24. The third-order valence-electron chi connectivity index (χ3n) is 7.25. The zero-order chi connectivity index (χ0) is 26.9. The van der Waals surface area contributed by atoms with E-state index in [0.717, 1.165) is 5.92 Å². The molecule has 1 fully saturated rings. The molecule has 0 amide bonds. The molecule has 3 aromatic carbocycles. The second-order valence-corrected chi connectivity index (χ2v) is 10.3. The zero-order valence-electron chi connectivity index (χ0n) is 21.6. The average Bonchev–Trinajstić information content (AvgIpc) is 2.94. The minimum absolute atomic E-state index is 0.106. The summed E-state index contributed by atoms with van der Waals surface area (Å²) < 4.78 is 10.8. The molecule has 1 saturated carbocycles. The number of nitrogens with zero attached hydrogens (tertiary/aromatic N) is 1. The highest BCUT2D eigenvalue weighted by molar-refractivity contribution is 6.33. The van der Waals surface area contributed by atoms with Crippen molar-refractivity contribution < 1.29 is 19.1 Å². The van der Waals surface area contributed by atoms with E-state index in [0.29, 0.717) is 22.8 Å². The Labute approximate surface area is 229 Å². The van der Waals surface area contributed by atoms with E-state index in [1.165, 1.54) is 87.3 Å². The van der Waals surface area contributed by atoms with E-state index in [-0.39, 0.29) is 16.3 Å². The van der Waals surface area contributed by atoms with E-state index in [4.69, 9.17) is 26.3 Å². The minimum atomic E-state index is -0.650. The van der Waals surface area contributed by atoms with Gasteiger partial charge in [-0.3, -0.25) is 0 Å². The Morgan fingerprint density at radius 1 is 0.868 bits per heavy atom. The van der Waals surface area contributed by atoms with Crippen LogP contribution in [-0.4, -0.2) is 11.9 Å². The highest BCUT2D eigenvalue weighted by Gasteiger charge is 2.22. The van der Waals surface area contributed by atoms with Crippen LogP contribution in [0, 0.1) is 17.2 Å². The van der Waals surface area contributed by atoms with Crippen molar-refractivity contribution in [2.45, 2.75) is 64.2 Å². The van der Waals surface area contributed by atoms with Gasteiger partial charge in [0, 0.05) is 6.07 Å². The van der Waals surface area contributed by atoms with Crippen LogP contribution in [0.25, 0.3) is 0 Å². The molecular formula is C32H32ClNO4. The molecule has 0 radical (unpaired) electrons. The summed E-state index contributed by atoms with van der Waals surface area (Å²) in [6.45, 7) is 2.25. The van der Waals surface area contributed by atoms with Crippen molar-refractivity contribution in [3.8, 4) is 17.6 Å². The monoisotopic (exact) mass is 529 g/mol. The second kappa shape index (κ2) is 13.3. The Morgan fingerprint density at radius 2 is 1.53 bits per heavy atom. The van der Waals surface area contributed by atoms with Crippen LogP contribution in [0.4, 0.5) is 0 Å². The van der Waals surface area contributed by atoms with Gasteiger partial charge in [0.25, 0.3) is 0 Å². The molecule has 0 heterocycles. The van der Waals surface area contributed by atoms with Crippen molar-refractivity contribution in [2.75, 3.05) is 0 Å². The van der Waals surface area contributed by atoms with Crippen LogP contribution in [0.1, 0.15) is 96.1 Å². The van der Waals surface area contributed by atoms with Gasteiger partial charge in [-0.05, 0) is 91.6 Å². The van der Waals surface area contributed by atoms with E-state index < -0.39 is 11.9 Å². The van der Waals surface area contributed by atoms with Crippen LogP contribution in [0.3, 0.4) is 0 Å². The standard InChI is InChI=1S/C32H32ClNO4/c1-2-3-4-5-22-6-10-24(11-7-22)25-12-14-26(15-13-25)31(35)38-28-18-19-29(30(33)20-28)32(36)37-27-16-8-23(21-34)9-17-27/h8-9,12-20,22,24H,2-7,10-11H2,1H3. The van der Waals surface area contributed by atoms with Gasteiger partial charge in [0.1, 0.15) is 11.5 Å². The largest absolute Gasteiger partial charge is 0.423 e. The first-order chi connectivity index (χ1) is 18.5. The van der Waals surface area contributed by atoms with Crippen LogP contribution < -0.4 is 9.47 Å². The van der Waals surface area contributed by atoms with Crippen molar-refractivity contribution >= 4 is 23.5 Å². The predicted octanol–water partition coefficient (Wildman–Crippen LogP) is 8.50. The number of nitriles is 1. The highest BCUT2D eigenvalue weighted by Crippen LogP contribution is 2.38. The summed E-state index contributed by atoms with van der Waals surface area (Å²) in [5, 5.41) is 8.98. The third-order valence-corrected chi connectivity index (χ3v) is 7.56. The molecular weight excluding hydrogens is 498 g/mol. The van der Waals surface area contributed by atoms with Gasteiger partial charge < -0.3 is 9.47 Å².